The zero-order valence-electron chi connectivity index (χ0n) is 15.6. The molecule has 1 aromatic heterocycles. The summed E-state index contributed by atoms with van der Waals surface area (Å²) >= 11 is 1.58. The molecule has 2 N–H and O–H groups in total. The summed E-state index contributed by atoms with van der Waals surface area (Å²) in [4.78, 5) is 8.84. The summed E-state index contributed by atoms with van der Waals surface area (Å²) in [7, 11) is -5.25. The van der Waals surface area contributed by atoms with E-state index in [0.717, 1.165) is 10.7 Å². The van der Waals surface area contributed by atoms with Gasteiger partial charge in [0.15, 0.2) is 5.96 Å². The van der Waals surface area contributed by atoms with Crippen molar-refractivity contribution in [1.82, 2.24) is 19.9 Å². The van der Waals surface area contributed by atoms with Crippen LogP contribution in [-0.2, 0) is 16.4 Å². The number of hydrogen-bond acceptors (Lipinski definition) is 5. The van der Waals surface area contributed by atoms with E-state index in [-0.39, 0.29) is 55.9 Å². The molecule has 2 heterocycles. The highest BCUT2D eigenvalue weighted by Crippen LogP contribution is 2.28. The third-order valence-corrected chi connectivity index (χ3v) is 6.53. The minimum absolute atomic E-state index is 0. The number of hydrogen-bond donors (Lipinski definition) is 2. The van der Waals surface area contributed by atoms with Crippen LogP contribution in [0.2, 0.25) is 0 Å². The molecular formula is C15H25F3IN5O2S2. The van der Waals surface area contributed by atoms with Crippen LogP contribution >= 0.6 is 35.3 Å². The topological polar surface area (TPSA) is 86.7 Å². The lowest BCUT2D eigenvalue weighted by atomic mass is 10.1. The Morgan fingerprint density at radius 2 is 2.04 bits per heavy atom. The van der Waals surface area contributed by atoms with Gasteiger partial charge in [-0.15, -0.1) is 35.3 Å². The van der Waals surface area contributed by atoms with Crippen molar-refractivity contribution in [2.24, 2.45) is 4.99 Å². The van der Waals surface area contributed by atoms with E-state index < -0.39 is 15.5 Å². The van der Waals surface area contributed by atoms with E-state index in [1.54, 1.807) is 11.3 Å². The summed E-state index contributed by atoms with van der Waals surface area (Å²) < 4.78 is 61.3. The van der Waals surface area contributed by atoms with Crippen LogP contribution in [0.4, 0.5) is 13.2 Å². The maximum atomic E-state index is 12.6. The number of nitrogens with one attached hydrogen (secondary N) is 2. The molecule has 1 fully saturated rings. The van der Waals surface area contributed by atoms with Gasteiger partial charge >= 0.3 is 15.5 Å². The van der Waals surface area contributed by atoms with E-state index in [0.29, 0.717) is 29.8 Å². The van der Waals surface area contributed by atoms with Crippen LogP contribution in [0.1, 0.15) is 30.5 Å². The molecule has 0 aromatic carbocycles. The van der Waals surface area contributed by atoms with E-state index >= 15 is 0 Å². The fraction of sp³-hybridized carbons (Fsp3) is 0.733. The molecule has 1 aliphatic rings. The first kappa shape index (κ1) is 25.4. The quantitative estimate of drug-likeness (QED) is 0.320. The molecule has 28 heavy (non-hydrogen) atoms. The molecule has 0 unspecified atom stereocenters. The molecule has 1 saturated heterocycles. The van der Waals surface area contributed by atoms with Crippen LogP contribution in [-0.4, -0.2) is 61.4 Å². The van der Waals surface area contributed by atoms with Crippen molar-refractivity contribution in [2.75, 3.05) is 26.2 Å². The lowest BCUT2D eigenvalue weighted by Gasteiger charge is -2.32. The summed E-state index contributed by atoms with van der Waals surface area (Å²) in [5, 5.41) is 9.26. The summed E-state index contributed by atoms with van der Waals surface area (Å²) in [5.41, 5.74) is -4.28. The van der Waals surface area contributed by atoms with E-state index in [9.17, 15) is 21.6 Å². The van der Waals surface area contributed by atoms with Crippen LogP contribution in [0.25, 0.3) is 0 Å². The normalized spacial score (nSPS) is 17.2. The molecule has 1 aliphatic heterocycles. The Morgan fingerprint density at radius 3 is 2.54 bits per heavy atom. The summed E-state index contributed by atoms with van der Waals surface area (Å²) in [6, 6.07) is -0.135. The highest BCUT2D eigenvalue weighted by Gasteiger charge is 2.50. The molecular weight excluding hydrogens is 530 g/mol. The van der Waals surface area contributed by atoms with Crippen molar-refractivity contribution in [1.29, 1.82) is 0 Å². The second kappa shape index (κ2) is 10.9. The Kier molecular flexibility index (Phi) is 9.89. The number of aromatic nitrogens is 1. The number of guanidine groups is 1. The number of alkyl halides is 3. The third kappa shape index (κ3) is 6.99. The van der Waals surface area contributed by atoms with Gasteiger partial charge in [-0.3, -0.25) is 4.99 Å². The molecule has 162 valence electrons. The van der Waals surface area contributed by atoms with Crippen LogP contribution in [0.15, 0.2) is 10.4 Å². The highest BCUT2D eigenvalue weighted by molar-refractivity contribution is 14.0. The molecule has 7 nitrogen and oxygen atoms in total. The molecule has 0 aliphatic carbocycles. The molecule has 0 radical (unpaired) electrons. The maximum Gasteiger partial charge on any atom is 0.511 e. The van der Waals surface area contributed by atoms with Gasteiger partial charge in [-0.1, -0.05) is 0 Å². The second-order valence-corrected chi connectivity index (χ2v) is 9.13. The fourth-order valence-electron chi connectivity index (χ4n) is 2.71. The summed E-state index contributed by atoms with van der Waals surface area (Å²) in [5.74, 6) is 0.571. The molecule has 0 bridgehead atoms. The van der Waals surface area contributed by atoms with E-state index in [2.05, 4.69) is 20.6 Å². The maximum absolute atomic E-state index is 12.6. The van der Waals surface area contributed by atoms with E-state index in [1.165, 1.54) is 0 Å². The fourth-order valence-corrected chi connectivity index (χ4v) is 4.34. The molecule has 1 aromatic rings. The summed E-state index contributed by atoms with van der Waals surface area (Å²) in [6.07, 6.45) is 1.26. The Bertz CT molecular complexity index is 747. The van der Waals surface area contributed by atoms with Crippen molar-refractivity contribution in [2.45, 2.75) is 44.7 Å². The van der Waals surface area contributed by atoms with Gasteiger partial charge in [0.05, 0.1) is 10.7 Å². The van der Waals surface area contributed by atoms with Crippen molar-refractivity contribution in [3.63, 3.8) is 0 Å². The average Bonchev–Trinajstić information content (AvgIpc) is 3.00. The van der Waals surface area contributed by atoms with Crippen LogP contribution < -0.4 is 10.6 Å². The lowest BCUT2D eigenvalue weighted by Crippen LogP contribution is -2.51. The van der Waals surface area contributed by atoms with Crippen LogP contribution in [0, 0.1) is 6.92 Å². The predicted molar refractivity (Wildman–Crippen MR) is 115 cm³/mol. The van der Waals surface area contributed by atoms with Gasteiger partial charge in [0.2, 0.25) is 0 Å². The molecule has 13 heteroatoms. The Morgan fingerprint density at radius 1 is 1.39 bits per heavy atom. The first-order chi connectivity index (χ1) is 12.6. The van der Waals surface area contributed by atoms with Gasteiger partial charge in [0.25, 0.3) is 0 Å². The SMILES string of the molecule is CCNC(=NCCc1csc(C)n1)NC1CCN(S(=O)(=O)C(F)(F)F)CC1.I. The average molecular weight is 555 g/mol. The molecule has 0 amide bonds. The second-order valence-electron chi connectivity index (χ2n) is 6.14. The number of thiazole rings is 1. The largest absolute Gasteiger partial charge is 0.511 e. The first-order valence-corrected chi connectivity index (χ1v) is 11.0. The highest BCUT2D eigenvalue weighted by atomic mass is 127. The number of halogens is 4. The number of piperidine rings is 1. The first-order valence-electron chi connectivity index (χ1n) is 8.65. The number of aryl methyl sites for hydroxylation is 1. The monoisotopic (exact) mass is 555 g/mol. The van der Waals surface area contributed by atoms with Crippen molar-refractivity contribution in [3.05, 3.63) is 16.1 Å². The Labute approximate surface area is 184 Å². The van der Waals surface area contributed by atoms with Gasteiger partial charge in [0, 0.05) is 44.0 Å². The number of aliphatic imine (C=N–C) groups is 1. The smallest absolute Gasteiger partial charge is 0.357 e. The molecule has 0 saturated carbocycles. The summed E-state index contributed by atoms with van der Waals surface area (Å²) in [6.45, 7) is 4.69. The Balaban J connectivity index is 0.00000392. The minimum Gasteiger partial charge on any atom is -0.357 e. The van der Waals surface area contributed by atoms with Gasteiger partial charge in [-0.2, -0.15) is 17.5 Å². The standard InChI is InChI=1S/C15H24F3N5O2S2.HI/c1-3-19-14(20-7-4-13-10-26-11(2)21-13)22-12-5-8-23(9-6-12)27(24,25)15(16,17)18;/h10,12H,3-9H2,1-2H3,(H2,19,20,22);1H. The van der Waals surface area contributed by atoms with Crippen molar-refractivity contribution in [3.8, 4) is 0 Å². The van der Waals surface area contributed by atoms with Crippen LogP contribution in [0.3, 0.4) is 0 Å². The predicted octanol–water partition coefficient (Wildman–Crippen LogP) is 2.48. The van der Waals surface area contributed by atoms with E-state index in [1.807, 2.05) is 19.2 Å². The number of nitrogens with zero attached hydrogens (tertiary/aromatic N) is 3. The van der Waals surface area contributed by atoms with Crippen LogP contribution in [0.5, 0.6) is 0 Å². The molecule has 0 atom stereocenters. The zero-order valence-corrected chi connectivity index (χ0v) is 19.6. The van der Waals surface area contributed by atoms with Gasteiger partial charge < -0.3 is 10.6 Å². The van der Waals surface area contributed by atoms with Crippen molar-refractivity contribution >= 4 is 51.3 Å². The minimum atomic E-state index is -5.25. The van der Waals surface area contributed by atoms with Gasteiger partial charge in [0.1, 0.15) is 0 Å². The van der Waals surface area contributed by atoms with Gasteiger partial charge in [-0.05, 0) is 26.7 Å². The van der Waals surface area contributed by atoms with E-state index in [4.69, 9.17) is 0 Å². The third-order valence-electron chi connectivity index (χ3n) is 4.08. The number of rotatable bonds is 6. The van der Waals surface area contributed by atoms with Gasteiger partial charge in [-0.25, -0.2) is 13.4 Å². The molecule has 0 spiro atoms. The molecule has 2 rings (SSSR count). The Hall–Kier alpha value is -0.670. The lowest BCUT2D eigenvalue weighted by molar-refractivity contribution is -0.0494. The van der Waals surface area contributed by atoms with Crippen molar-refractivity contribution < 1.29 is 21.6 Å². The zero-order chi connectivity index (χ0) is 20.1. The number of sulfonamides is 1.